The Bertz CT molecular complexity index is 626. The van der Waals surface area contributed by atoms with Crippen LogP contribution in [0.4, 0.5) is 0 Å². The molecule has 2 rings (SSSR count). The van der Waals surface area contributed by atoms with E-state index in [-0.39, 0.29) is 11.5 Å². The second-order valence-corrected chi connectivity index (χ2v) is 6.15. The van der Waals surface area contributed by atoms with E-state index < -0.39 is 0 Å². The smallest absolute Gasteiger partial charge is 0.307 e. The van der Waals surface area contributed by atoms with E-state index in [1.807, 2.05) is 10.6 Å². The fraction of sp³-hybridized carbons (Fsp3) is 0.500. The van der Waals surface area contributed by atoms with Gasteiger partial charge in [0, 0.05) is 36.4 Å². The molecular weight excluding hydrogens is 266 g/mol. The number of carbonyl (C=O) groups excluding carboxylic acids is 1. The molecule has 0 unspecified atom stereocenters. The number of aryl methyl sites for hydroxylation is 1. The number of rotatable bonds is 5. The quantitative estimate of drug-likeness (QED) is 0.859. The van der Waals surface area contributed by atoms with Crippen LogP contribution in [0.2, 0.25) is 0 Å². The number of aromatic nitrogens is 2. The monoisotopic (exact) mass is 289 g/mol. The Morgan fingerprint density at radius 3 is 2.86 bits per heavy atom. The standard InChI is InChI=1S/C16H23N3O2/c1-16(2,3)18-10-12-11-19(9-7-14(20)21-4)15-13(12)6-5-8-17-15/h5-6,8,11,18H,7,9-10H2,1-4H3. The van der Waals surface area contributed by atoms with Gasteiger partial charge in [0.25, 0.3) is 0 Å². The van der Waals surface area contributed by atoms with E-state index in [1.165, 1.54) is 12.7 Å². The second-order valence-electron chi connectivity index (χ2n) is 6.15. The molecule has 2 aromatic heterocycles. The van der Waals surface area contributed by atoms with Gasteiger partial charge in [0.05, 0.1) is 13.5 Å². The molecule has 114 valence electrons. The van der Waals surface area contributed by atoms with E-state index >= 15 is 0 Å². The lowest BCUT2D eigenvalue weighted by atomic mass is 10.1. The molecule has 0 fully saturated rings. The molecule has 0 amide bonds. The largest absolute Gasteiger partial charge is 0.469 e. The van der Waals surface area contributed by atoms with Crippen molar-refractivity contribution in [1.82, 2.24) is 14.9 Å². The molecule has 0 aromatic carbocycles. The van der Waals surface area contributed by atoms with Crippen molar-refractivity contribution < 1.29 is 9.53 Å². The van der Waals surface area contributed by atoms with E-state index in [0.717, 1.165) is 17.6 Å². The van der Waals surface area contributed by atoms with Gasteiger partial charge in [0.1, 0.15) is 5.65 Å². The highest BCUT2D eigenvalue weighted by atomic mass is 16.5. The Morgan fingerprint density at radius 2 is 2.19 bits per heavy atom. The van der Waals surface area contributed by atoms with Gasteiger partial charge in [-0.05, 0) is 38.5 Å². The van der Waals surface area contributed by atoms with Crippen molar-refractivity contribution in [2.75, 3.05) is 7.11 Å². The molecule has 0 spiro atoms. The Hall–Kier alpha value is -1.88. The summed E-state index contributed by atoms with van der Waals surface area (Å²) in [6.07, 6.45) is 4.19. The first-order valence-electron chi connectivity index (χ1n) is 7.15. The van der Waals surface area contributed by atoms with E-state index in [4.69, 9.17) is 4.74 Å². The topological polar surface area (TPSA) is 56.1 Å². The Labute approximate surface area is 125 Å². The summed E-state index contributed by atoms with van der Waals surface area (Å²) in [6.45, 7) is 7.78. The van der Waals surface area contributed by atoms with Crippen LogP contribution in [0.25, 0.3) is 11.0 Å². The van der Waals surface area contributed by atoms with Crippen LogP contribution < -0.4 is 5.32 Å². The molecule has 0 aliphatic carbocycles. The van der Waals surface area contributed by atoms with Crippen LogP contribution >= 0.6 is 0 Å². The normalized spacial score (nSPS) is 11.8. The highest BCUT2D eigenvalue weighted by Crippen LogP contribution is 2.20. The maximum absolute atomic E-state index is 11.3. The minimum atomic E-state index is -0.206. The van der Waals surface area contributed by atoms with Crippen molar-refractivity contribution in [3.05, 3.63) is 30.1 Å². The summed E-state index contributed by atoms with van der Waals surface area (Å²) < 4.78 is 6.72. The average molecular weight is 289 g/mol. The molecule has 5 nitrogen and oxygen atoms in total. The fourth-order valence-electron chi connectivity index (χ4n) is 2.18. The zero-order valence-corrected chi connectivity index (χ0v) is 13.1. The van der Waals surface area contributed by atoms with E-state index in [9.17, 15) is 4.79 Å². The molecule has 0 saturated heterocycles. The third-order valence-corrected chi connectivity index (χ3v) is 3.31. The lowest BCUT2D eigenvalue weighted by molar-refractivity contribution is -0.140. The number of pyridine rings is 1. The van der Waals surface area contributed by atoms with Crippen LogP contribution in [0.1, 0.15) is 32.8 Å². The highest BCUT2D eigenvalue weighted by molar-refractivity contribution is 5.80. The molecular formula is C16H23N3O2. The van der Waals surface area contributed by atoms with Gasteiger partial charge in [0.2, 0.25) is 0 Å². The van der Waals surface area contributed by atoms with E-state index in [2.05, 4.69) is 43.3 Å². The molecule has 0 aliphatic rings. The van der Waals surface area contributed by atoms with Gasteiger partial charge < -0.3 is 14.6 Å². The molecule has 0 bridgehead atoms. The molecule has 5 heteroatoms. The number of ether oxygens (including phenoxy) is 1. The maximum atomic E-state index is 11.3. The van der Waals surface area contributed by atoms with Crippen molar-refractivity contribution in [1.29, 1.82) is 0 Å². The molecule has 1 N–H and O–H groups in total. The Balaban J connectivity index is 2.24. The number of hydrogen-bond acceptors (Lipinski definition) is 4. The fourth-order valence-corrected chi connectivity index (χ4v) is 2.18. The zero-order chi connectivity index (χ0) is 15.5. The molecule has 0 atom stereocenters. The number of methoxy groups -OCH3 is 1. The minimum absolute atomic E-state index is 0.0582. The zero-order valence-electron chi connectivity index (χ0n) is 13.1. The van der Waals surface area contributed by atoms with Crippen molar-refractivity contribution in [3.8, 4) is 0 Å². The molecule has 2 heterocycles. The van der Waals surface area contributed by atoms with Crippen LogP contribution in [0.3, 0.4) is 0 Å². The number of hydrogen-bond donors (Lipinski definition) is 1. The number of nitrogens with zero attached hydrogens (tertiary/aromatic N) is 2. The highest BCUT2D eigenvalue weighted by Gasteiger charge is 2.13. The lowest BCUT2D eigenvalue weighted by Crippen LogP contribution is -2.34. The molecule has 0 aliphatic heterocycles. The molecule has 2 aromatic rings. The number of esters is 1. The van der Waals surface area contributed by atoms with E-state index in [1.54, 1.807) is 6.20 Å². The van der Waals surface area contributed by atoms with Gasteiger partial charge >= 0.3 is 5.97 Å². The van der Waals surface area contributed by atoms with Crippen molar-refractivity contribution >= 4 is 17.0 Å². The summed E-state index contributed by atoms with van der Waals surface area (Å²) in [4.78, 5) is 15.7. The van der Waals surface area contributed by atoms with Gasteiger partial charge in [-0.3, -0.25) is 4.79 Å². The SMILES string of the molecule is COC(=O)CCn1cc(CNC(C)(C)C)c2cccnc21. The first kappa shape index (κ1) is 15.5. The van der Waals surface area contributed by atoms with Gasteiger partial charge in [-0.15, -0.1) is 0 Å². The maximum Gasteiger partial charge on any atom is 0.307 e. The summed E-state index contributed by atoms with van der Waals surface area (Å²) in [5, 5.41) is 4.61. The first-order valence-corrected chi connectivity index (χ1v) is 7.15. The van der Waals surface area contributed by atoms with Gasteiger partial charge in [-0.1, -0.05) is 0 Å². The van der Waals surface area contributed by atoms with Gasteiger partial charge in [0.15, 0.2) is 0 Å². The van der Waals surface area contributed by atoms with Crippen LogP contribution in [0.5, 0.6) is 0 Å². The third kappa shape index (κ3) is 4.04. The molecule has 0 saturated carbocycles. The van der Waals surface area contributed by atoms with Crippen molar-refractivity contribution in [2.45, 2.75) is 45.8 Å². The predicted molar refractivity (Wildman–Crippen MR) is 83.0 cm³/mol. The average Bonchev–Trinajstić information content (AvgIpc) is 2.80. The third-order valence-electron chi connectivity index (χ3n) is 3.31. The predicted octanol–water partition coefficient (Wildman–Crippen LogP) is 2.49. The van der Waals surface area contributed by atoms with Crippen LogP contribution in [0, 0.1) is 0 Å². The Kier molecular flexibility index (Phi) is 4.63. The van der Waals surface area contributed by atoms with Crippen LogP contribution in [-0.2, 0) is 22.6 Å². The molecule has 21 heavy (non-hydrogen) atoms. The number of carbonyl (C=O) groups is 1. The van der Waals surface area contributed by atoms with E-state index in [0.29, 0.717) is 13.0 Å². The lowest BCUT2D eigenvalue weighted by Gasteiger charge is -2.20. The number of nitrogens with one attached hydrogen (secondary N) is 1. The Morgan fingerprint density at radius 1 is 1.43 bits per heavy atom. The van der Waals surface area contributed by atoms with Crippen molar-refractivity contribution in [2.24, 2.45) is 0 Å². The molecule has 0 radical (unpaired) electrons. The summed E-state index contributed by atoms with van der Waals surface area (Å²) in [5.41, 5.74) is 2.16. The van der Waals surface area contributed by atoms with Crippen molar-refractivity contribution in [3.63, 3.8) is 0 Å². The number of fused-ring (bicyclic) bond motifs is 1. The summed E-state index contributed by atoms with van der Waals surface area (Å²) >= 11 is 0. The summed E-state index contributed by atoms with van der Waals surface area (Å²) in [7, 11) is 1.41. The second kappa shape index (κ2) is 6.26. The van der Waals surface area contributed by atoms with Gasteiger partial charge in [-0.2, -0.15) is 0 Å². The first-order chi connectivity index (χ1) is 9.90. The minimum Gasteiger partial charge on any atom is -0.469 e. The van der Waals surface area contributed by atoms with Crippen LogP contribution in [0.15, 0.2) is 24.5 Å². The summed E-state index contributed by atoms with van der Waals surface area (Å²) in [5.74, 6) is -0.206. The summed E-state index contributed by atoms with van der Waals surface area (Å²) in [6, 6.07) is 4.00. The van der Waals surface area contributed by atoms with Gasteiger partial charge in [-0.25, -0.2) is 4.98 Å². The van der Waals surface area contributed by atoms with Crippen LogP contribution in [-0.4, -0.2) is 28.2 Å².